The van der Waals surface area contributed by atoms with Gasteiger partial charge in [-0.05, 0) is 42.3 Å². The van der Waals surface area contributed by atoms with Gasteiger partial charge in [0.15, 0.2) is 5.82 Å². The van der Waals surface area contributed by atoms with E-state index >= 15 is 0 Å². The van der Waals surface area contributed by atoms with Gasteiger partial charge in [0.2, 0.25) is 5.95 Å². The lowest BCUT2D eigenvalue weighted by Crippen LogP contribution is -2.08. The van der Waals surface area contributed by atoms with Gasteiger partial charge in [-0.1, -0.05) is 18.2 Å². The van der Waals surface area contributed by atoms with Crippen LogP contribution in [0.2, 0.25) is 0 Å². The van der Waals surface area contributed by atoms with Crippen molar-refractivity contribution in [1.82, 2.24) is 15.2 Å². The maximum atomic E-state index is 8.95. The molecule has 0 amide bonds. The second-order valence-electron chi connectivity index (χ2n) is 5.51. The van der Waals surface area contributed by atoms with Gasteiger partial charge in [-0.2, -0.15) is 15.3 Å². The molecule has 1 aromatic heterocycles. The van der Waals surface area contributed by atoms with E-state index in [-0.39, 0.29) is 0 Å². The molecule has 1 heterocycles. The highest BCUT2D eigenvalue weighted by Gasteiger charge is 2.02. The van der Waals surface area contributed by atoms with E-state index in [1.54, 1.807) is 31.5 Å². The Bertz CT molecular complexity index is 904. The lowest BCUT2D eigenvalue weighted by atomic mass is 10.1. The molecular weight excluding hydrogens is 328 g/mol. The number of aromatic nitrogens is 3. The van der Waals surface area contributed by atoms with Gasteiger partial charge in [-0.15, -0.1) is 5.10 Å². The molecule has 2 N–H and O–H groups in total. The highest BCUT2D eigenvalue weighted by molar-refractivity contribution is 5.56. The fourth-order valence-corrected chi connectivity index (χ4v) is 2.36. The van der Waals surface area contributed by atoms with Gasteiger partial charge in [0.25, 0.3) is 0 Å². The second kappa shape index (κ2) is 8.44. The molecule has 0 fully saturated rings. The largest absolute Gasteiger partial charge is 0.497 e. The van der Waals surface area contributed by atoms with E-state index in [4.69, 9.17) is 10.00 Å². The fourth-order valence-electron chi connectivity index (χ4n) is 2.36. The first-order valence-electron chi connectivity index (χ1n) is 8.10. The monoisotopic (exact) mass is 346 g/mol. The van der Waals surface area contributed by atoms with Crippen LogP contribution >= 0.6 is 0 Å². The van der Waals surface area contributed by atoms with Gasteiger partial charge >= 0.3 is 0 Å². The minimum Gasteiger partial charge on any atom is -0.497 e. The number of methoxy groups -OCH3 is 1. The molecule has 2 aromatic carbocycles. The van der Waals surface area contributed by atoms with Crippen LogP contribution in [0, 0.1) is 11.3 Å². The Balaban J connectivity index is 1.57. The Morgan fingerprint density at radius 2 is 2.00 bits per heavy atom. The Morgan fingerprint density at radius 3 is 2.77 bits per heavy atom. The molecule has 3 aromatic rings. The van der Waals surface area contributed by atoms with Crippen molar-refractivity contribution in [2.75, 3.05) is 24.3 Å². The van der Waals surface area contributed by atoms with Gasteiger partial charge in [-0.25, -0.2) is 0 Å². The minimum absolute atomic E-state index is 0.370. The van der Waals surface area contributed by atoms with Crippen molar-refractivity contribution in [3.63, 3.8) is 0 Å². The van der Waals surface area contributed by atoms with E-state index in [1.165, 1.54) is 5.56 Å². The molecule has 0 bridgehead atoms. The predicted octanol–water partition coefficient (Wildman–Crippen LogP) is 3.15. The molecule has 7 heteroatoms. The van der Waals surface area contributed by atoms with E-state index in [0.29, 0.717) is 23.9 Å². The molecule has 0 radical (unpaired) electrons. The normalized spacial score (nSPS) is 10.0. The molecule has 0 saturated heterocycles. The van der Waals surface area contributed by atoms with Crippen molar-refractivity contribution in [2.24, 2.45) is 0 Å². The summed E-state index contributed by atoms with van der Waals surface area (Å²) in [6.07, 6.45) is 2.42. The number of hydrogen-bond acceptors (Lipinski definition) is 7. The van der Waals surface area contributed by atoms with E-state index in [2.05, 4.69) is 31.9 Å². The van der Waals surface area contributed by atoms with Crippen molar-refractivity contribution in [1.29, 1.82) is 5.26 Å². The quantitative estimate of drug-likeness (QED) is 0.678. The minimum atomic E-state index is 0.370. The van der Waals surface area contributed by atoms with Gasteiger partial charge in [0, 0.05) is 12.2 Å². The molecule has 0 aliphatic heterocycles. The van der Waals surface area contributed by atoms with Gasteiger partial charge in [-0.3, -0.25) is 0 Å². The third-order valence-electron chi connectivity index (χ3n) is 3.69. The third kappa shape index (κ3) is 4.68. The fraction of sp³-hybridized carbons (Fsp3) is 0.158. The molecule has 26 heavy (non-hydrogen) atoms. The predicted molar refractivity (Wildman–Crippen MR) is 99.5 cm³/mol. The summed E-state index contributed by atoms with van der Waals surface area (Å²) in [5.41, 5.74) is 2.50. The molecule has 130 valence electrons. The van der Waals surface area contributed by atoms with E-state index in [9.17, 15) is 0 Å². The van der Waals surface area contributed by atoms with Crippen LogP contribution < -0.4 is 15.4 Å². The molecule has 0 spiro atoms. The summed E-state index contributed by atoms with van der Waals surface area (Å²) in [5, 5.41) is 23.2. The average molecular weight is 346 g/mol. The van der Waals surface area contributed by atoms with E-state index in [0.717, 1.165) is 17.9 Å². The van der Waals surface area contributed by atoms with Gasteiger partial charge < -0.3 is 15.4 Å². The Hall–Kier alpha value is -3.66. The number of nitriles is 1. The molecule has 0 aliphatic rings. The van der Waals surface area contributed by atoms with Crippen molar-refractivity contribution in [2.45, 2.75) is 6.42 Å². The maximum Gasteiger partial charge on any atom is 0.249 e. The molecule has 0 aliphatic carbocycles. The summed E-state index contributed by atoms with van der Waals surface area (Å²) in [5.74, 6) is 1.85. The Morgan fingerprint density at radius 1 is 1.15 bits per heavy atom. The molecule has 0 saturated carbocycles. The van der Waals surface area contributed by atoms with Crippen molar-refractivity contribution in [3.8, 4) is 11.8 Å². The summed E-state index contributed by atoms with van der Waals surface area (Å²) < 4.78 is 5.15. The molecule has 0 atom stereocenters. The number of ether oxygens (including phenoxy) is 1. The zero-order valence-electron chi connectivity index (χ0n) is 14.3. The van der Waals surface area contributed by atoms with E-state index < -0.39 is 0 Å². The summed E-state index contributed by atoms with van der Waals surface area (Å²) in [7, 11) is 1.65. The van der Waals surface area contributed by atoms with Crippen LogP contribution in [0.15, 0.2) is 54.7 Å². The van der Waals surface area contributed by atoms with Crippen LogP contribution in [0.4, 0.5) is 17.5 Å². The summed E-state index contributed by atoms with van der Waals surface area (Å²) in [6.45, 7) is 0.717. The topological polar surface area (TPSA) is 95.8 Å². The summed E-state index contributed by atoms with van der Waals surface area (Å²) in [4.78, 5) is 4.38. The van der Waals surface area contributed by atoms with Crippen LogP contribution in [0.5, 0.6) is 5.75 Å². The Labute approximate surface area is 151 Å². The Kier molecular flexibility index (Phi) is 5.58. The molecule has 0 unspecified atom stereocenters. The standard InChI is InChI=1S/C19H18N6O/c1-26-17-7-5-14(6-8-17)9-10-21-18-13-22-25-19(24-18)23-16-4-2-3-15(11-16)12-20/h2-8,11,13H,9-10H2,1H3,(H2,21,23,24,25). The lowest BCUT2D eigenvalue weighted by Gasteiger charge is -2.08. The number of benzene rings is 2. The highest BCUT2D eigenvalue weighted by Crippen LogP contribution is 2.15. The SMILES string of the molecule is COc1ccc(CCNc2cnnc(Nc3cccc(C#N)c3)n2)cc1. The zero-order chi connectivity index (χ0) is 18.2. The summed E-state index contributed by atoms with van der Waals surface area (Å²) in [6, 6.07) is 17.2. The lowest BCUT2D eigenvalue weighted by molar-refractivity contribution is 0.414. The molecular formula is C19H18N6O. The van der Waals surface area contributed by atoms with Crippen LogP contribution in [0.25, 0.3) is 0 Å². The first-order chi connectivity index (χ1) is 12.8. The zero-order valence-corrected chi connectivity index (χ0v) is 14.3. The van der Waals surface area contributed by atoms with Crippen molar-refractivity contribution in [3.05, 3.63) is 65.9 Å². The van der Waals surface area contributed by atoms with Crippen LogP contribution in [0.3, 0.4) is 0 Å². The maximum absolute atomic E-state index is 8.95. The van der Waals surface area contributed by atoms with Gasteiger partial charge in [0.1, 0.15) is 5.75 Å². The summed E-state index contributed by atoms with van der Waals surface area (Å²) >= 11 is 0. The van der Waals surface area contributed by atoms with E-state index in [1.807, 2.05) is 30.3 Å². The smallest absolute Gasteiger partial charge is 0.249 e. The first kappa shape index (κ1) is 17.2. The third-order valence-corrected chi connectivity index (χ3v) is 3.69. The molecule has 3 rings (SSSR count). The highest BCUT2D eigenvalue weighted by atomic mass is 16.5. The van der Waals surface area contributed by atoms with Crippen LogP contribution in [0.1, 0.15) is 11.1 Å². The second-order valence-corrected chi connectivity index (χ2v) is 5.51. The van der Waals surface area contributed by atoms with Gasteiger partial charge in [0.05, 0.1) is 24.9 Å². The van der Waals surface area contributed by atoms with Crippen molar-refractivity contribution >= 4 is 17.5 Å². The van der Waals surface area contributed by atoms with Crippen LogP contribution in [-0.4, -0.2) is 28.8 Å². The number of nitrogens with zero attached hydrogens (tertiary/aromatic N) is 4. The number of rotatable bonds is 7. The molecule has 7 nitrogen and oxygen atoms in total. The average Bonchev–Trinajstić information content (AvgIpc) is 2.69. The number of anilines is 3. The number of hydrogen-bond donors (Lipinski definition) is 2. The van der Waals surface area contributed by atoms with Crippen LogP contribution in [-0.2, 0) is 6.42 Å². The van der Waals surface area contributed by atoms with Crippen molar-refractivity contribution < 1.29 is 4.74 Å². The number of nitrogens with one attached hydrogen (secondary N) is 2. The first-order valence-corrected chi connectivity index (χ1v) is 8.10.